The normalized spacial score (nSPS) is 15.2. The maximum atomic E-state index is 13.1. The van der Waals surface area contributed by atoms with Gasteiger partial charge in [0.05, 0.1) is 11.3 Å². The molecule has 110 valence electrons. The summed E-state index contributed by atoms with van der Waals surface area (Å²) in [5.41, 5.74) is -0.819. The number of nitrogens with one attached hydrogen (secondary N) is 1. The first-order valence-electron chi connectivity index (χ1n) is 6.33. The quantitative estimate of drug-likeness (QED) is 0.878. The highest BCUT2D eigenvalue weighted by Gasteiger charge is 2.35. The zero-order valence-electron chi connectivity index (χ0n) is 10.7. The Hall–Kier alpha value is -1.63. The number of hydrogen-bond acceptors (Lipinski definition) is 2. The summed E-state index contributed by atoms with van der Waals surface area (Å²) in [5, 5.41) is 0. The van der Waals surface area contributed by atoms with Gasteiger partial charge >= 0.3 is 6.18 Å². The van der Waals surface area contributed by atoms with E-state index in [0.717, 1.165) is 18.9 Å². The largest absolute Gasteiger partial charge is 0.417 e. The number of aromatic amines is 1. The number of H-pyrrole nitrogens is 1. The minimum atomic E-state index is -4.52. The van der Waals surface area contributed by atoms with E-state index in [0.29, 0.717) is 10.2 Å². The van der Waals surface area contributed by atoms with E-state index in [4.69, 9.17) is 0 Å². The maximum Gasteiger partial charge on any atom is 0.417 e. The zero-order chi connectivity index (χ0) is 15.2. The molecule has 1 saturated carbocycles. The van der Waals surface area contributed by atoms with Crippen molar-refractivity contribution in [1.29, 1.82) is 0 Å². The van der Waals surface area contributed by atoms with E-state index in [2.05, 4.69) is 25.9 Å². The van der Waals surface area contributed by atoms with Crippen LogP contribution in [0, 0.1) is 0 Å². The summed E-state index contributed by atoms with van der Waals surface area (Å²) in [6.07, 6.45) is -2.68. The van der Waals surface area contributed by atoms with Crippen molar-refractivity contribution in [3.05, 3.63) is 50.3 Å². The Kier molecular flexibility index (Phi) is 3.39. The van der Waals surface area contributed by atoms with Gasteiger partial charge in [-0.1, -0.05) is 15.9 Å². The summed E-state index contributed by atoms with van der Waals surface area (Å²) in [6.45, 7) is 0. The molecule has 1 aliphatic rings. The van der Waals surface area contributed by atoms with Crippen LogP contribution in [0.1, 0.15) is 30.0 Å². The molecule has 0 spiro atoms. The summed E-state index contributed by atoms with van der Waals surface area (Å²) in [5.74, 6) is 0.153. The molecule has 0 aliphatic heterocycles. The fourth-order valence-corrected chi connectivity index (χ4v) is 2.51. The van der Waals surface area contributed by atoms with Crippen LogP contribution in [0.4, 0.5) is 13.2 Å². The van der Waals surface area contributed by atoms with Gasteiger partial charge in [-0.3, -0.25) is 4.79 Å². The number of aromatic nitrogens is 2. The smallest absolute Gasteiger partial charge is 0.307 e. The topological polar surface area (TPSA) is 45.8 Å². The van der Waals surface area contributed by atoms with Gasteiger partial charge in [0.15, 0.2) is 0 Å². The average Bonchev–Trinajstić information content (AvgIpc) is 3.21. The van der Waals surface area contributed by atoms with Crippen LogP contribution in [0.25, 0.3) is 11.4 Å². The first-order chi connectivity index (χ1) is 9.84. The Morgan fingerprint density at radius 2 is 1.95 bits per heavy atom. The van der Waals surface area contributed by atoms with Crippen LogP contribution in [-0.4, -0.2) is 9.97 Å². The van der Waals surface area contributed by atoms with Gasteiger partial charge in [-0.05, 0) is 31.0 Å². The third-order valence-corrected chi connectivity index (χ3v) is 3.79. The molecule has 0 unspecified atom stereocenters. The zero-order valence-corrected chi connectivity index (χ0v) is 12.3. The molecule has 0 atom stereocenters. The van der Waals surface area contributed by atoms with Crippen molar-refractivity contribution in [3.63, 3.8) is 0 Å². The third kappa shape index (κ3) is 3.02. The van der Waals surface area contributed by atoms with Crippen LogP contribution in [0.15, 0.2) is 33.5 Å². The van der Waals surface area contributed by atoms with Crippen LogP contribution >= 0.6 is 15.9 Å². The Morgan fingerprint density at radius 1 is 1.24 bits per heavy atom. The molecule has 1 heterocycles. The molecule has 1 N–H and O–H groups in total. The van der Waals surface area contributed by atoms with E-state index in [-0.39, 0.29) is 17.3 Å². The van der Waals surface area contributed by atoms with E-state index in [9.17, 15) is 18.0 Å². The van der Waals surface area contributed by atoms with Crippen LogP contribution in [0.2, 0.25) is 0 Å². The van der Waals surface area contributed by atoms with E-state index < -0.39 is 17.3 Å². The van der Waals surface area contributed by atoms with Crippen molar-refractivity contribution in [1.82, 2.24) is 9.97 Å². The predicted octanol–water partition coefficient (Wildman–Crippen LogP) is 4.10. The lowest BCUT2D eigenvalue weighted by molar-refractivity contribution is -0.137. The number of nitrogens with zero attached hydrogens (tertiary/aromatic N) is 1. The Labute approximate surface area is 126 Å². The Balaban J connectivity index is 2.18. The fraction of sp³-hybridized carbons (Fsp3) is 0.286. The van der Waals surface area contributed by atoms with E-state index in [1.165, 1.54) is 18.2 Å². The highest BCUT2D eigenvalue weighted by molar-refractivity contribution is 9.10. The summed E-state index contributed by atoms with van der Waals surface area (Å²) in [4.78, 5) is 18.3. The van der Waals surface area contributed by atoms with Crippen molar-refractivity contribution in [2.75, 3.05) is 0 Å². The molecular formula is C14H10BrF3N2O. The number of hydrogen-bond donors (Lipinski definition) is 1. The van der Waals surface area contributed by atoms with Crippen LogP contribution in [0.5, 0.6) is 0 Å². The Morgan fingerprint density at radius 3 is 2.57 bits per heavy atom. The van der Waals surface area contributed by atoms with E-state index in [1.54, 1.807) is 0 Å². The first-order valence-corrected chi connectivity index (χ1v) is 7.12. The van der Waals surface area contributed by atoms with Crippen LogP contribution in [0.3, 0.4) is 0 Å². The molecule has 1 fully saturated rings. The highest BCUT2D eigenvalue weighted by atomic mass is 79.9. The molecule has 0 amide bonds. The summed E-state index contributed by atoms with van der Waals surface area (Å²) in [6, 6.07) is 5.14. The van der Waals surface area contributed by atoms with Crippen molar-refractivity contribution in [3.8, 4) is 11.4 Å². The molecule has 21 heavy (non-hydrogen) atoms. The lowest BCUT2D eigenvalue weighted by atomic mass is 10.1. The molecule has 0 saturated heterocycles. The highest BCUT2D eigenvalue weighted by Crippen LogP contribution is 2.40. The van der Waals surface area contributed by atoms with Crippen LogP contribution < -0.4 is 5.56 Å². The lowest BCUT2D eigenvalue weighted by Gasteiger charge is -2.13. The molecule has 1 aromatic carbocycles. The molecule has 3 nitrogen and oxygen atoms in total. The number of rotatable bonds is 2. The van der Waals surface area contributed by atoms with E-state index in [1.807, 2.05) is 0 Å². The van der Waals surface area contributed by atoms with E-state index >= 15 is 0 Å². The van der Waals surface area contributed by atoms with Crippen molar-refractivity contribution < 1.29 is 13.2 Å². The summed E-state index contributed by atoms with van der Waals surface area (Å²) < 4.78 is 39.8. The molecule has 7 heteroatoms. The van der Waals surface area contributed by atoms with Gasteiger partial charge in [0, 0.05) is 22.0 Å². The van der Waals surface area contributed by atoms with Gasteiger partial charge in [-0.2, -0.15) is 13.2 Å². The SMILES string of the molecule is O=c1cc(C2CC2)nc(-c2ccc(Br)cc2C(F)(F)F)[nH]1. The van der Waals surface area contributed by atoms with Gasteiger partial charge < -0.3 is 4.98 Å². The predicted molar refractivity (Wildman–Crippen MR) is 75.0 cm³/mol. The monoisotopic (exact) mass is 358 g/mol. The van der Waals surface area contributed by atoms with Gasteiger partial charge in [0.2, 0.25) is 0 Å². The molecule has 2 aromatic rings. The van der Waals surface area contributed by atoms with Crippen molar-refractivity contribution >= 4 is 15.9 Å². The van der Waals surface area contributed by atoms with Gasteiger partial charge in [0.1, 0.15) is 5.82 Å². The number of alkyl halides is 3. The number of benzene rings is 1. The second-order valence-electron chi connectivity index (χ2n) is 4.98. The standard InChI is InChI=1S/C14H10BrF3N2O/c15-8-3-4-9(10(5-8)14(16,17)18)13-19-11(7-1-2-7)6-12(21)20-13/h3-7H,1-2H2,(H,19,20,21). The minimum absolute atomic E-state index is 0.0378. The van der Waals surface area contributed by atoms with Gasteiger partial charge in [-0.15, -0.1) is 0 Å². The first kappa shape index (κ1) is 14.3. The molecule has 1 aromatic heterocycles. The maximum absolute atomic E-state index is 13.1. The van der Waals surface area contributed by atoms with Crippen LogP contribution in [-0.2, 0) is 6.18 Å². The summed E-state index contributed by atoms with van der Waals surface area (Å²) in [7, 11) is 0. The Bertz CT molecular complexity index is 751. The molecule has 3 rings (SSSR count). The minimum Gasteiger partial charge on any atom is -0.307 e. The summed E-state index contributed by atoms with van der Waals surface area (Å²) >= 11 is 3.03. The molecular weight excluding hydrogens is 349 g/mol. The third-order valence-electron chi connectivity index (χ3n) is 3.30. The average molecular weight is 359 g/mol. The fourth-order valence-electron chi connectivity index (χ4n) is 2.15. The van der Waals surface area contributed by atoms with Gasteiger partial charge in [-0.25, -0.2) is 4.98 Å². The second kappa shape index (κ2) is 4.98. The molecule has 1 aliphatic carbocycles. The van der Waals surface area contributed by atoms with Gasteiger partial charge in [0.25, 0.3) is 5.56 Å². The molecule has 0 radical (unpaired) electrons. The van der Waals surface area contributed by atoms with Crippen molar-refractivity contribution in [2.24, 2.45) is 0 Å². The second-order valence-corrected chi connectivity index (χ2v) is 5.90. The molecule has 0 bridgehead atoms. The van der Waals surface area contributed by atoms with Crippen molar-refractivity contribution in [2.45, 2.75) is 24.9 Å². The lowest BCUT2D eigenvalue weighted by Crippen LogP contribution is -2.13. The number of halogens is 4.